The fourth-order valence-electron chi connectivity index (χ4n) is 1.89. The standard InChI is InChI=1S/C13H29O4P/c1-6-7-8-9-10-11-12(2,3)13(4,5)17-18(14,15)16/h6-11H2,1-5H3,(H2,14,15,16). The molecule has 0 radical (unpaired) electrons. The molecule has 0 aromatic carbocycles. The summed E-state index contributed by atoms with van der Waals surface area (Å²) < 4.78 is 15.9. The summed E-state index contributed by atoms with van der Waals surface area (Å²) in [4.78, 5) is 17.9. The molecule has 0 aromatic heterocycles. The second-order valence-corrected chi connectivity index (χ2v) is 7.30. The van der Waals surface area contributed by atoms with Gasteiger partial charge in [0.1, 0.15) is 0 Å². The lowest BCUT2D eigenvalue weighted by Gasteiger charge is -2.41. The van der Waals surface area contributed by atoms with Crippen molar-refractivity contribution in [1.82, 2.24) is 0 Å². The highest BCUT2D eigenvalue weighted by atomic mass is 31.2. The summed E-state index contributed by atoms with van der Waals surface area (Å²) in [5, 5.41) is 0. The van der Waals surface area contributed by atoms with Crippen LogP contribution in [0.1, 0.15) is 73.1 Å². The Kier molecular flexibility index (Phi) is 7.09. The van der Waals surface area contributed by atoms with Crippen LogP contribution >= 0.6 is 7.82 Å². The first kappa shape index (κ1) is 18.1. The Morgan fingerprint density at radius 3 is 1.94 bits per heavy atom. The maximum Gasteiger partial charge on any atom is 0.470 e. The Labute approximate surface area is 111 Å². The van der Waals surface area contributed by atoms with Crippen LogP contribution in [0.15, 0.2) is 0 Å². The van der Waals surface area contributed by atoms with Gasteiger partial charge >= 0.3 is 7.82 Å². The molecule has 0 rings (SSSR count). The fourth-order valence-corrected chi connectivity index (χ4v) is 2.73. The molecule has 0 spiro atoms. The number of unbranched alkanes of at least 4 members (excludes halogenated alkanes) is 4. The highest BCUT2D eigenvalue weighted by molar-refractivity contribution is 7.46. The minimum absolute atomic E-state index is 0.264. The Morgan fingerprint density at radius 2 is 1.50 bits per heavy atom. The van der Waals surface area contributed by atoms with Crippen molar-refractivity contribution < 1.29 is 18.9 Å². The molecule has 4 nitrogen and oxygen atoms in total. The van der Waals surface area contributed by atoms with Gasteiger partial charge in [0, 0.05) is 0 Å². The van der Waals surface area contributed by atoms with E-state index in [4.69, 9.17) is 14.3 Å². The van der Waals surface area contributed by atoms with Crippen LogP contribution in [0.3, 0.4) is 0 Å². The van der Waals surface area contributed by atoms with Crippen LogP contribution in [0.25, 0.3) is 0 Å². The Hall–Kier alpha value is 0.110. The molecule has 0 saturated carbocycles. The average Bonchev–Trinajstić information content (AvgIpc) is 2.13. The third-order valence-electron chi connectivity index (χ3n) is 3.88. The molecule has 0 amide bonds. The van der Waals surface area contributed by atoms with Gasteiger partial charge in [-0.05, 0) is 25.7 Å². The zero-order valence-electron chi connectivity index (χ0n) is 12.4. The quantitative estimate of drug-likeness (QED) is 0.489. The topological polar surface area (TPSA) is 66.8 Å². The minimum Gasteiger partial charge on any atom is -0.303 e. The van der Waals surface area contributed by atoms with Crippen LogP contribution in [0.2, 0.25) is 0 Å². The minimum atomic E-state index is -4.43. The zero-order chi connectivity index (χ0) is 14.4. The highest BCUT2D eigenvalue weighted by Gasteiger charge is 2.42. The van der Waals surface area contributed by atoms with Gasteiger partial charge in [-0.1, -0.05) is 52.9 Å². The van der Waals surface area contributed by atoms with Gasteiger partial charge in [0.2, 0.25) is 0 Å². The summed E-state index contributed by atoms with van der Waals surface area (Å²) in [5.41, 5.74) is -1.10. The largest absolute Gasteiger partial charge is 0.470 e. The number of phosphoric ester groups is 1. The van der Waals surface area contributed by atoms with E-state index in [-0.39, 0.29) is 5.41 Å². The molecule has 0 heterocycles. The molecule has 0 atom stereocenters. The van der Waals surface area contributed by atoms with Crippen LogP contribution in [-0.2, 0) is 9.09 Å². The summed E-state index contributed by atoms with van der Waals surface area (Å²) in [6, 6.07) is 0. The second-order valence-electron chi connectivity index (χ2n) is 6.14. The molecule has 0 aliphatic carbocycles. The number of hydrogen-bond acceptors (Lipinski definition) is 2. The average molecular weight is 280 g/mol. The molecule has 0 fully saturated rings. The molecule has 110 valence electrons. The van der Waals surface area contributed by atoms with E-state index in [1.165, 1.54) is 25.7 Å². The highest BCUT2D eigenvalue weighted by Crippen LogP contribution is 2.49. The summed E-state index contributed by atoms with van der Waals surface area (Å²) in [6.07, 6.45) is 6.85. The normalized spacial score (nSPS) is 13.9. The second kappa shape index (κ2) is 7.04. The first-order valence-corrected chi connectivity index (χ1v) is 8.31. The number of rotatable bonds is 9. The summed E-state index contributed by atoms with van der Waals surface area (Å²) >= 11 is 0. The Bertz CT molecular complexity index is 281. The molecule has 0 aliphatic rings. The van der Waals surface area contributed by atoms with Gasteiger partial charge in [-0.2, -0.15) is 0 Å². The maximum absolute atomic E-state index is 11.0. The molecule has 18 heavy (non-hydrogen) atoms. The molecule has 0 aromatic rings. The lowest BCUT2D eigenvalue weighted by molar-refractivity contribution is -0.0371. The van der Waals surface area contributed by atoms with E-state index >= 15 is 0 Å². The Morgan fingerprint density at radius 1 is 1.00 bits per heavy atom. The monoisotopic (exact) mass is 280 g/mol. The van der Waals surface area contributed by atoms with Crippen molar-refractivity contribution >= 4 is 7.82 Å². The van der Waals surface area contributed by atoms with E-state index in [1.807, 2.05) is 13.8 Å². The van der Waals surface area contributed by atoms with Crippen LogP contribution in [0.5, 0.6) is 0 Å². The van der Waals surface area contributed by atoms with Crippen molar-refractivity contribution in [2.45, 2.75) is 78.7 Å². The van der Waals surface area contributed by atoms with Gasteiger partial charge in [-0.25, -0.2) is 4.57 Å². The van der Waals surface area contributed by atoms with Crippen LogP contribution in [-0.4, -0.2) is 15.4 Å². The molecular formula is C13H29O4P. The van der Waals surface area contributed by atoms with E-state index in [9.17, 15) is 4.57 Å². The maximum atomic E-state index is 11.0. The third-order valence-corrected chi connectivity index (χ3v) is 4.58. The van der Waals surface area contributed by atoms with Gasteiger partial charge in [0.05, 0.1) is 5.60 Å². The molecular weight excluding hydrogens is 251 g/mol. The predicted octanol–water partition coefficient (Wildman–Crippen LogP) is 4.26. The van der Waals surface area contributed by atoms with E-state index in [2.05, 4.69) is 6.92 Å². The number of phosphoric acid groups is 1. The molecule has 0 saturated heterocycles. The lowest BCUT2D eigenvalue weighted by Crippen LogP contribution is -2.40. The van der Waals surface area contributed by atoms with Crippen LogP contribution in [0, 0.1) is 5.41 Å². The first-order chi connectivity index (χ1) is 8.02. The van der Waals surface area contributed by atoms with Crippen molar-refractivity contribution in [2.75, 3.05) is 0 Å². The third kappa shape index (κ3) is 6.89. The van der Waals surface area contributed by atoms with Gasteiger partial charge in [-0.3, -0.25) is 4.52 Å². The van der Waals surface area contributed by atoms with Crippen LogP contribution in [0.4, 0.5) is 0 Å². The zero-order valence-corrected chi connectivity index (χ0v) is 13.3. The van der Waals surface area contributed by atoms with Crippen LogP contribution < -0.4 is 0 Å². The van der Waals surface area contributed by atoms with Gasteiger partial charge < -0.3 is 9.79 Å². The van der Waals surface area contributed by atoms with Gasteiger partial charge in [-0.15, -0.1) is 0 Å². The van der Waals surface area contributed by atoms with Gasteiger partial charge in [0.25, 0.3) is 0 Å². The molecule has 0 unspecified atom stereocenters. The van der Waals surface area contributed by atoms with Crippen molar-refractivity contribution in [1.29, 1.82) is 0 Å². The van der Waals surface area contributed by atoms with E-state index in [0.717, 1.165) is 12.8 Å². The van der Waals surface area contributed by atoms with Crippen molar-refractivity contribution in [3.8, 4) is 0 Å². The number of hydrogen-bond donors (Lipinski definition) is 2. The SMILES string of the molecule is CCCCCCCC(C)(C)C(C)(C)OP(=O)(O)O. The molecule has 5 heteroatoms. The Balaban J connectivity index is 4.29. The predicted molar refractivity (Wildman–Crippen MR) is 74.4 cm³/mol. The van der Waals surface area contributed by atoms with E-state index in [0.29, 0.717) is 0 Å². The lowest BCUT2D eigenvalue weighted by atomic mass is 9.73. The first-order valence-electron chi connectivity index (χ1n) is 6.78. The molecule has 0 aliphatic heterocycles. The van der Waals surface area contributed by atoms with Gasteiger partial charge in [0.15, 0.2) is 0 Å². The summed E-state index contributed by atoms with van der Waals surface area (Å²) in [7, 11) is -4.43. The van der Waals surface area contributed by atoms with Crippen molar-refractivity contribution in [3.63, 3.8) is 0 Å². The van der Waals surface area contributed by atoms with E-state index < -0.39 is 13.4 Å². The molecule has 0 bridgehead atoms. The summed E-state index contributed by atoms with van der Waals surface area (Å²) in [6.45, 7) is 9.68. The smallest absolute Gasteiger partial charge is 0.303 e. The summed E-state index contributed by atoms with van der Waals surface area (Å²) in [5.74, 6) is 0. The van der Waals surface area contributed by atoms with E-state index in [1.54, 1.807) is 13.8 Å². The fraction of sp³-hybridized carbons (Fsp3) is 1.00. The van der Waals surface area contributed by atoms with Crippen molar-refractivity contribution in [2.24, 2.45) is 5.41 Å². The van der Waals surface area contributed by atoms with Crippen molar-refractivity contribution in [3.05, 3.63) is 0 Å². The molecule has 2 N–H and O–H groups in total.